The molecular weight excluding hydrogens is 366 g/mol. The number of hydrogen-bond donors (Lipinski definition) is 2. The summed E-state index contributed by atoms with van der Waals surface area (Å²) < 4.78 is 5.06. The van der Waals surface area contributed by atoms with E-state index in [1.807, 2.05) is 36.4 Å². The molecule has 0 radical (unpaired) electrons. The standard InChI is InChI=1S/C22H19N5O2/c1-29-20-9-8-15(12-25-20)13-26-21-18(7-4-10-23-21)22(28)27-19-11-16-5-2-3-6-17(16)14-24-19/h2-12,14H,13H2,1H3,(H,23,26)(H,24,27,28). The number of amides is 1. The maximum atomic E-state index is 12.8. The summed E-state index contributed by atoms with van der Waals surface area (Å²) in [6.07, 6.45) is 5.09. The average molecular weight is 385 g/mol. The first-order valence-corrected chi connectivity index (χ1v) is 9.07. The van der Waals surface area contributed by atoms with Gasteiger partial charge in [0.15, 0.2) is 0 Å². The van der Waals surface area contributed by atoms with E-state index in [0.29, 0.717) is 29.6 Å². The molecule has 0 saturated carbocycles. The lowest BCUT2D eigenvalue weighted by molar-refractivity contribution is 0.102. The number of ether oxygens (including phenoxy) is 1. The lowest BCUT2D eigenvalue weighted by atomic mass is 10.2. The molecule has 2 N–H and O–H groups in total. The molecule has 3 aromatic heterocycles. The van der Waals surface area contributed by atoms with Crippen LogP contribution in [0.5, 0.6) is 5.88 Å². The van der Waals surface area contributed by atoms with Crippen LogP contribution in [-0.4, -0.2) is 28.0 Å². The smallest absolute Gasteiger partial charge is 0.260 e. The van der Waals surface area contributed by atoms with Crippen LogP contribution in [0.4, 0.5) is 11.6 Å². The van der Waals surface area contributed by atoms with Crippen molar-refractivity contribution in [3.8, 4) is 5.88 Å². The van der Waals surface area contributed by atoms with E-state index in [4.69, 9.17) is 4.74 Å². The molecule has 7 nitrogen and oxygen atoms in total. The van der Waals surface area contributed by atoms with Gasteiger partial charge in [-0.05, 0) is 29.1 Å². The van der Waals surface area contributed by atoms with E-state index in [2.05, 4.69) is 25.6 Å². The van der Waals surface area contributed by atoms with Gasteiger partial charge in [0.25, 0.3) is 5.91 Å². The van der Waals surface area contributed by atoms with Crippen molar-refractivity contribution in [2.45, 2.75) is 6.54 Å². The monoisotopic (exact) mass is 385 g/mol. The third-order valence-corrected chi connectivity index (χ3v) is 4.39. The summed E-state index contributed by atoms with van der Waals surface area (Å²) in [4.78, 5) is 25.6. The van der Waals surface area contributed by atoms with Gasteiger partial charge < -0.3 is 15.4 Å². The number of rotatable bonds is 6. The van der Waals surface area contributed by atoms with Gasteiger partial charge in [-0.3, -0.25) is 4.79 Å². The Balaban J connectivity index is 1.49. The highest BCUT2D eigenvalue weighted by Gasteiger charge is 2.13. The summed E-state index contributed by atoms with van der Waals surface area (Å²) >= 11 is 0. The highest BCUT2D eigenvalue weighted by molar-refractivity contribution is 6.07. The second kappa shape index (κ2) is 8.35. The molecule has 0 spiro atoms. The summed E-state index contributed by atoms with van der Waals surface area (Å²) in [5.41, 5.74) is 1.38. The third kappa shape index (κ3) is 4.30. The van der Waals surface area contributed by atoms with Crippen LogP contribution in [0.25, 0.3) is 10.8 Å². The summed E-state index contributed by atoms with van der Waals surface area (Å²) in [5.74, 6) is 1.25. The van der Waals surface area contributed by atoms with Gasteiger partial charge in [0.05, 0.1) is 12.7 Å². The summed E-state index contributed by atoms with van der Waals surface area (Å²) in [6.45, 7) is 0.475. The summed E-state index contributed by atoms with van der Waals surface area (Å²) in [6, 6.07) is 16.8. The minimum atomic E-state index is -0.281. The molecule has 1 aromatic carbocycles. The Morgan fingerprint density at radius 2 is 1.83 bits per heavy atom. The van der Waals surface area contributed by atoms with Crippen molar-refractivity contribution in [2.75, 3.05) is 17.7 Å². The van der Waals surface area contributed by atoms with Gasteiger partial charge >= 0.3 is 0 Å². The maximum Gasteiger partial charge on any atom is 0.260 e. The molecule has 0 atom stereocenters. The SMILES string of the molecule is COc1ccc(CNc2ncccc2C(=O)Nc2cc3ccccc3cn2)cn1. The van der Waals surface area contributed by atoms with Crippen LogP contribution in [0.3, 0.4) is 0 Å². The van der Waals surface area contributed by atoms with Crippen molar-refractivity contribution in [3.05, 3.63) is 84.3 Å². The number of aromatic nitrogens is 3. The summed E-state index contributed by atoms with van der Waals surface area (Å²) in [7, 11) is 1.57. The van der Waals surface area contributed by atoms with E-state index in [0.717, 1.165) is 16.3 Å². The molecule has 144 valence electrons. The Bertz CT molecular complexity index is 1150. The molecule has 7 heteroatoms. The molecule has 4 rings (SSSR count). The quantitative estimate of drug-likeness (QED) is 0.523. The molecule has 3 heterocycles. The zero-order chi connectivity index (χ0) is 20.1. The zero-order valence-electron chi connectivity index (χ0n) is 15.8. The lowest BCUT2D eigenvalue weighted by Crippen LogP contribution is -2.16. The number of fused-ring (bicyclic) bond motifs is 1. The fourth-order valence-electron chi connectivity index (χ4n) is 2.89. The second-order valence-electron chi connectivity index (χ2n) is 6.33. The van der Waals surface area contributed by atoms with E-state index in [-0.39, 0.29) is 5.91 Å². The Kier molecular flexibility index (Phi) is 5.29. The van der Waals surface area contributed by atoms with Crippen molar-refractivity contribution in [1.29, 1.82) is 0 Å². The van der Waals surface area contributed by atoms with Gasteiger partial charge in [-0.2, -0.15) is 0 Å². The van der Waals surface area contributed by atoms with Crippen LogP contribution in [0.1, 0.15) is 15.9 Å². The number of anilines is 2. The molecule has 0 aliphatic rings. The van der Waals surface area contributed by atoms with Crippen LogP contribution in [0, 0.1) is 0 Å². The average Bonchev–Trinajstić information content (AvgIpc) is 2.78. The van der Waals surface area contributed by atoms with Crippen molar-refractivity contribution in [3.63, 3.8) is 0 Å². The van der Waals surface area contributed by atoms with Crippen molar-refractivity contribution in [2.24, 2.45) is 0 Å². The Hall–Kier alpha value is -4.00. The lowest BCUT2D eigenvalue weighted by Gasteiger charge is -2.11. The number of nitrogens with zero attached hydrogens (tertiary/aromatic N) is 3. The van der Waals surface area contributed by atoms with E-state index in [1.54, 1.807) is 43.9 Å². The van der Waals surface area contributed by atoms with Gasteiger partial charge in [0.1, 0.15) is 11.6 Å². The van der Waals surface area contributed by atoms with Crippen LogP contribution in [0.15, 0.2) is 73.2 Å². The van der Waals surface area contributed by atoms with Crippen LogP contribution < -0.4 is 15.4 Å². The predicted molar refractivity (Wildman–Crippen MR) is 112 cm³/mol. The van der Waals surface area contributed by atoms with Crippen LogP contribution >= 0.6 is 0 Å². The molecule has 1 amide bonds. The highest BCUT2D eigenvalue weighted by atomic mass is 16.5. The van der Waals surface area contributed by atoms with E-state index >= 15 is 0 Å². The molecule has 0 aliphatic carbocycles. The number of hydrogen-bond acceptors (Lipinski definition) is 6. The highest BCUT2D eigenvalue weighted by Crippen LogP contribution is 2.19. The molecule has 0 saturated heterocycles. The number of carbonyl (C=O) groups excluding carboxylic acids is 1. The fourth-order valence-corrected chi connectivity index (χ4v) is 2.89. The number of nitrogens with one attached hydrogen (secondary N) is 2. The first kappa shape index (κ1) is 18.4. The van der Waals surface area contributed by atoms with Crippen LogP contribution in [-0.2, 0) is 6.54 Å². The van der Waals surface area contributed by atoms with E-state index in [9.17, 15) is 4.79 Å². The van der Waals surface area contributed by atoms with Gasteiger partial charge in [0.2, 0.25) is 5.88 Å². The van der Waals surface area contributed by atoms with Crippen molar-refractivity contribution in [1.82, 2.24) is 15.0 Å². The Morgan fingerprint density at radius 1 is 0.966 bits per heavy atom. The third-order valence-electron chi connectivity index (χ3n) is 4.39. The second-order valence-corrected chi connectivity index (χ2v) is 6.33. The number of benzene rings is 1. The van der Waals surface area contributed by atoms with Crippen molar-refractivity contribution >= 4 is 28.3 Å². The molecular formula is C22H19N5O2. The largest absolute Gasteiger partial charge is 0.481 e. The van der Waals surface area contributed by atoms with Gasteiger partial charge in [0, 0.05) is 36.6 Å². The normalized spacial score (nSPS) is 10.5. The number of methoxy groups -OCH3 is 1. The Labute approximate surface area is 167 Å². The summed E-state index contributed by atoms with van der Waals surface area (Å²) in [5, 5.41) is 8.06. The molecule has 0 bridgehead atoms. The molecule has 4 aromatic rings. The first-order chi connectivity index (χ1) is 14.2. The molecule has 0 unspecified atom stereocenters. The van der Waals surface area contributed by atoms with E-state index in [1.165, 1.54) is 0 Å². The maximum absolute atomic E-state index is 12.8. The molecule has 0 fully saturated rings. The molecule has 0 aliphatic heterocycles. The fraction of sp³-hybridized carbons (Fsp3) is 0.0909. The first-order valence-electron chi connectivity index (χ1n) is 9.07. The number of pyridine rings is 3. The molecule has 29 heavy (non-hydrogen) atoms. The predicted octanol–water partition coefficient (Wildman–Crippen LogP) is 3.90. The van der Waals surface area contributed by atoms with Gasteiger partial charge in [-0.1, -0.05) is 30.3 Å². The van der Waals surface area contributed by atoms with E-state index < -0.39 is 0 Å². The van der Waals surface area contributed by atoms with Crippen LogP contribution in [0.2, 0.25) is 0 Å². The minimum Gasteiger partial charge on any atom is -0.481 e. The van der Waals surface area contributed by atoms with Gasteiger partial charge in [-0.25, -0.2) is 15.0 Å². The van der Waals surface area contributed by atoms with Crippen molar-refractivity contribution < 1.29 is 9.53 Å². The van der Waals surface area contributed by atoms with Gasteiger partial charge in [-0.15, -0.1) is 0 Å². The Morgan fingerprint density at radius 3 is 2.62 bits per heavy atom. The number of carbonyl (C=O) groups is 1. The topological polar surface area (TPSA) is 89.0 Å². The zero-order valence-corrected chi connectivity index (χ0v) is 15.8. The minimum absolute atomic E-state index is 0.281.